The van der Waals surface area contributed by atoms with Gasteiger partial charge in [0.2, 0.25) is 0 Å². The predicted molar refractivity (Wildman–Crippen MR) is 64.6 cm³/mol. The van der Waals surface area contributed by atoms with Crippen molar-refractivity contribution < 1.29 is 14.0 Å². The minimum Gasteiger partial charge on any atom is -0.407 e. The van der Waals surface area contributed by atoms with Crippen molar-refractivity contribution in [3.63, 3.8) is 0 Å². The first kappa shape index (κ1) is 11.2. The van der Waals surface area contributed by atoms with Gasteiger partial charge in [-0.05, 0) is 5.56 Å². The van der Waals surface area contributed by atoms with E-state index in [1.54, 1.807) is 0 Å². The van der Waals surface area contributed by atoms with Gasteiger partial charge in [-0.2, -0.15) is 0 Å². The second kappa shape index (κ2) is 5.18. The Kier molecular flexibility index (Phi) is 3.42. The zero-order chi connectivity index (χ0) is 11.5. The van der Waals surface area contributed by atoms with Crippen LogP contribution in [0.4, 0.5) is 0 Å². The number of hydrogen-bond donors (Lipinski definition) is 1. The maximum atomic E-state index is 5.82. The van der Waals surface area contributed by atoms with Crippen LogP contribution in [0.25, 0.3) is 0 Å². The van der Waals surface area contributed by atoms with Gasteiger partial charge in [-0.25, -0.2) is 0 Å². The molecule has 0 bridgehead atoms. The molecular formula is C12H16BNO3. The third-order valence-electron chi connectivity index (χ3n) is 3.18. The molecule has 4 nitrogen and oxygen atoms in total. The van der Waals surface area contributed by atoms with E-state index >= 15 is 0 Å². The van der Waals surface area contributed by atoms with E-state index in [-0.39, 0.29) is 19.2 Å². The summed E-state index contributed by atoms with van der Waals surface area (Å²) in [7, 11) is -0.243. The van der Waals surface area contributed by atoms with Crippen molar-refractivity contribution in [3.05, 3.63) is 35.9 Å². The van der Waals surface area contributed by atoms with Gasteiger partial charge in [0, 0.05) is 6.54 Å². The molecule has 2 unspecified atom stereocenters. The number of hydrogen-bond acceptors (Lipinski definition) is 4. The second-order valence-electron chi connectivity index (χ2n) is 4.29. The Morgan fingerprint density at radius 2 is 1.82 bits per heavy atom. The molecule has 5 heteroatoms. The van der Waals surface area contributed by atoms with Crippen LogP contribution in [0.1, 0.15) is 11.6 Å². The summed E-state index contributed by atoms with van der Waals surface area (Å²) in [4.78, 5) is 0. The fourth-order valence-corrected chi connectivity index (χ4v) is 2.39. The lowest BCUT2D eigenvalue weighted by Crippen LogP contribution is -2.50. The van der Waals surface area contributed by atoms with E-state index in [9.17, 15) is 0 Å². The fourth-order valence-electron chi connectivity index (χ4n) is 2.39. The first-order valence-electron chi connectivity index (χ1n) is 6.08. The van der Waals surface area contributed by atoms with Crippen LogP contribution >= 0.6 is 0 Å². The van der Waals surface area contributed by atoms with E-state index in [2.05, 4.69) is 17.4 Å². The van der Waals surface area contributed by atoms with E-state index in [0.29, 0.717) is 19.8 Å². The summed E-state index contributed by atoms with van der Waals surface area (Å²) >= 11 is 0. The van der Waals surface area contributed by atoms with Gasteiger partial charge < -0.3 is 19.4 Å². The van der Waals surface area contributed by atoms with E-state index in [1.165, 1.54) is 5.56 Å². The summed E-state index contributed by atoms with van der Waals surface area (Å²) in [5, 5.41) is 3.48. The van der Waals surface area contributed by atoms with Crippen LogP contribution in [0, 0.1) is 0 Å². The average molecular weight is 233 g/mol. The summed E-state index contributed by atoms with van der Waals surface area (Å²) < 4.78 is 16.9. The summed E-state index contributed by atoms with van der Waals surface area (Å²) in [5.74, 6) is 0. The van der Waals surface area contributed by atoms with Crippen molar-refractivity contribution in [2.75, 3.05) is 26.4 Å². The van der Waals surface area contributed by atoms with Crippen LogP contribution < -0.4 is 5.32 Å². The van der Waals surface area contributed by atoms with Crippen LogP contribution in [0.3, 0.4) is 0 Å². The van der Waals surface area contributed by atoms with E-state index < -0.39 is 0 Å². The van der Waals surface area contributed by atoms with Gasteiger partial charge in [-0.3, -0.25) is 0 Å². The Bertz CT molecular complexity index is 356. The molecule has 17 heavy (non-hydrogen) atoms. The lowest BCUT2D eigenvalue weighted by Gasteiger charge is -2.33. The predicted octanol–water partition coefficient (Wildman–Crippen LogP) is 0.790. The average Bonchev–Trinajstić information content (AvgIpc) is 2.94. The van der Waals surface area contributed by atoms with Gasteiger partial charge in [0.05, 0.1) is 25.9 Å². The molecule has 0 saturated carbocycles. The minimum absolute atomic E-state index is 0.0614. The standard InChI is InChI=1S/C12H16BNO3/c1-2-4-10(5-3-1)11-12(15-7-6-14-11)13-16-8-9-17-13/h1-5,11-12,14H,6-9H2. The molecule has 2 atom stereocenters. The summed E-state index contributed by atoms with van der Waals surface area (Å²) in [6.45, 7) is 2.89. The van der Waals surface area contributed by atoms with Crippen molar-refractivity contribution in [2.24, 2.45) is 0 Å². The number of benzene rings is 1. The van der Waals surface area contributed by atoms with Crippen molar-refractivity contribution >= 4 is 7.12 Å². The van der Waals surface area contributed by atoms with Gasteiger partial charge in [0.1, 0.15) is 6.00 Å². The van der Waals surface area contributed by atoms with Crippen molar-refractivity contribution in [3.8, 4) is 0 Å². The molecule has 0 aliphatic carbocycles. The van der Waals surface area contributed by atoms with Gasteiger partial charge in [-0.15, -0.1) is 0 Å². The number of ether oxygens (including phenoxy) is 1. The Morgan fingerprint density at radius 3 is 2.59 bits per heavy atom. The van der Waals surface area contributed by atoms with Crippen molar-refractivity contribution in [1.29, 1.82) is 0 Å². The van der Waals surface area contributed by atoms with Crippen LogP contribution in [-0.4, -0.2) is 39.5 Å². The minimum atomic E-state index is -0.243. The van der Waals surface area contributed by atoms with Gasteiger partial charge in [0.15, 0.2) is 0 Å². The molecule has 1 aromatic rings. The lowest BCUT2D eigenvalue weighted by molar-refractivity contribution is 0.0237. The van der Waals surface area contributed by atoms with Crippen LogP contribution in [0.15, 0.2) is 30.3 Å². The third-order valence-corrected chi connectivity index (χ3v) is 3.18. The van der Waals surface area contributed by atoms with Gasteiger partial charge in [-0.1, -0.05) is 30.3 Å². The Balaban J connectivity index is 1.80. The molecule has 0 amide bonds. The molecule has 2 aliphatic rings. The Labute approximate surface area is 101 Å². The molecule has 0 spiro atoms. The SMILES string of the molecule is c1ccc(C2NCCOC2B2OCCO2)cc1. The first-order valence-corrected chi connectivity index (χ1v) is 6.08. The second-order valence-corrected chi connectivity index (χ2v) is 4.29. The molecular weight excluding hydrogens is 217 g/mol. The highest BCUT2D eigenvalue weighted by Crippen LogP contribution is 2.25. The zero-order valence-corrected chi connectivity index (χ0v) is 9.67. The molecule has 3 rings (SSSR count). The molecule has 1 aromatic carbocycles. The molecule has 2 heterocycles. The fraction of sp³-hybridized carbons (Fsp3) is 0.500. The highest BCUT2D eigenvalue weighted by atomic mass is 16.7. The topological polar surface area (TPSA) is 39.7 Å². The number of nitrogens with one attached hydrogen (secondary N) is 1. The van der Waals surface area contributed by atoms with Gasteiger partial charge in [0.25, 0.3) is 0 Å². The maximum Gasteiger partial charge on any atom is 0.490 e. The molecule has 2 saturated heterocycles. The monoisotopic (exact) mass is 233 g/mol. The summed E-state index contributed by atoms with van der Waals surface area (Å²) in [5.41, 5.74) is 1.22. The van der Waals surface area contributed by atoms with Crippen molar-refractivity contribution in [2.45, 2.75) is 12.0 Å². The molecule has 2 fully saturated rings. The van der Waals surface area contributed by atoms with Crippen LogP contribution in [-0.2, 0) is 14.0 Å². The normalized spacial score (nSPS) is 29.5. The highest BCUT2D eigenvalue weighted by Gasteiger charge is 2.42. The van der Waals surface area contributed by atoms with Crippen molar-refractivity contribution in [1.82, 2.24) is 5.32 Å². The molecule has 1 N–H and O–H groups in total. The smallest absolute Gasteiger partial charge is 0.407 e. The largest absolute Gasteiger partial charge is 0.490 e. The molecule has 0 aromatic heterocycles. The Morgan fingerprint density at radius 1 is 1.06 bits per heavy atom. The number of rotatable bonds is 2. The van der Waals surface area contributed by atoms with Crippen LogP contribution in [0.5, 0.6) is 0 Å². The highest BCUT2D eigenvalue weighted by molar-refractivity contribution is 6.46. The summed E-state index contributed by atoms with van der Waals surface area (Å²) in [6.07, 6.45) is 0. The number of morpholine rings is 1. The summed E-state index contributed by atoms with van der Waals surface area (Å²) in [6, 6.07) is 10.4. The quantitative estimate of drug-likeness (QED) is 0.766. The first-order chi connectivity index (χ1) is 8.45. The van der Waals surface area contributed by atoms with Gasteiger partial charge >= 0.3 is 7.12 Å². The van der Waals surface area contributed by atoms with E-state index in [0.717, 1.165) is 6.54 Å². The maximum absolute atomic E-state index is 5.82. The Hall–Kier alpha value is -0.875. The molecule has 90 valence electrons. The molecule has 2 aliphatic heterocycles. The third kappa shape index (κ3) is 2.37. The van der Waals surface area contributed by atoms with E-state index in [4.69, 9.17) is 14.0 Å². The lowest BCUT2D eigenvalue weighted by atomic mass is 9.74. The zero-order valence-electron chi connectivity index (χ0n) is 9.67. The molecule has 0 radical (unpaired) electrons. The van der Waals surface area contributed by atoms with E-state index in [1.807, 2.05) is 18.2 Å². The van der Waals surface area contributed by atoms with Crippen LogP contribution in [0.2, 0.25) is 0 Å².